The number of aliphatic hydroxyl groups is 1. The minimum absolute atomic E-state index is 0.0527. The van der Waals surface area contributed by atoms with Gasteiger partial charge >= 0.3 is 10.1 Å². The number of anilines is 1. The Kier molecular flexibility index (Phi) is 6.61. The number of benzene rings is 2. The summed E-state index contributed by atoms with van der Waals surface area (Å²) in [6, 6.07) is 9.10. The molecule has 166 valence electrons. The Morgan fingerprint density at radius 1 is 1.16 bits per heavy atom. The molecular weight excluding hydrogens is 428 g/mol. The van der Waals surface area contributed by atoms with Gasteiger partial charge in [0, 0.05) is 30.3 Å². The Labute approximate surface area is 179 Å². The molecule has 3 rings (SSSR count). The van der Waals surface area contributed by atoms with Crippen LogP contribution in [0, 0.1) is 11.6 Å². The highest BCUT2D eigenvalue weighted by atomic mass is 32.2. The third-order valence-electron chi connectivity index (χ3n) is 4.57. The van der Waals surface area contributed by atoms with Crippen LogP contribution >= 0.6 is 0 Å². The Hall–Kier alpha value is -2.98. The maximum Gasteiger partial charge on any atom is 0.357 e. The maximum atomic E-state index is 13.6. The first-order valence-corrected chi connectivity index (χ1v) is 11.0. The molecule has 3 N–H and O–H groups in total. The molecule has 0 amide bonds. The fourth-order valence-corrected chi connectivity index (χ4v) is 4.59. The Morgan fingerprint density at radius 3 is 2.39 bits per heavy atom. The van der Waals surface area contributed by atoms with Gasteiger partial charge in [-0.15, -0.1) is 0 Å². The van der Waals surface area contributed by atoms with Gasteiger partial charge in [0.2, 0.25) is 0 Å². The predicted molar refractivity (Wildman–Crippen MR) is 111 cm³/mol. The predicted octanol–water partition coefficient (Wildman–Crippen LogP) is 3.22. The second kappa shape index (κ2) is 9.03. The summed E-state index contributed by atoms with van der Waals surface area (Å²) < 4.78 is 60.1. The standard InChI is InChI=1S/C21H23F2N3O4S/c1-13(2)20-21(31(28,29)30-17-10-15(22)9-16(23)11-17)26(19(25-20)7-8-27)12-14-5-3-4-6-18(14)24/h3-6,9-11,13,27H,7-8,12,24H2,1-2H3. The molecule has 31 heavy (non-hydrogen) atoms. The number of nitrogens with zero attached hydrogens (tertiary/aromatic N) is 2. The van der Waals surface area contributed by atoms with Gasteiger partial charge in [0.15, 0.2) is 5.03 Å². The summed E-state index contributed by atoms with van der Waals surface area (Å²) in [5, 5.41) is 9.21. The van der Waals surface area contributed by atoms with E-state index in [1.165, 1.54) is 4.57 Å². The van der Waals surface area contributed by atoms with Crippen molar-refractivity contribution in [1.29, 1.82) is 0 Å². The normalized spacial score (nSPS) is 11.8. The molecular formula is C21H23F2N3O4S. The molecule has 0 fully saturated rings. The van der Waals surface area contributed by atoms with Gasteiger partial charge in [0.05, 0.1) is 18.8 Å². The van der Waals surface area contributed by atoms with E-state index in [-0.39, 0.29) is 36.2 Å². The lowest BCUT2D eigenvalue weighted by Crippen LogP contribution is -2.19. The third-order valence-corrected chi connectivity index (χ3v) is 5.88. The topological polar surface area (TPSA) is 107 Å². The lowest BCUT2D eigenvalue weighted by molar-refractivity contribution is 0.294. The van der Waals surface area contributed by atoms with E-state index in [2.05, 4.69) is 4.98 Å². The first kappa shape index (κ1) is 22.7. The summed E-state index contributed by atoms with van der Waals surface area (Å²) in [6.07, 6.45) is 0.0938. The number of hydrogen-bond donors (Lipinski definition) is 2. The van der Waals surface area contributed by atoms with Gasteiger partial charge in [-0.25, -0.2) is 13.8 Å². The van der Waals surface area contributed by atoms with Crippen molar-refractivity contribution in [3.63, 3.8) is 0 Å². The van der Waals surface area contributed by atoms with Crippen LogP contribution in [0.2, 0.25) is 0 Å². The van der Waals surface area contributed by atoms with Gasteiger partial charge < -0.3 is 19.6 Å². The Balaban J connectivity index is 2.17. The number of nitrogens with two attached hydrogens (primary N) is 1. The Morgan fingerprint density at radius 2 is 1.81 bits per heavy atom. The molecule has 1 aromatic heterocycles. The van der Waals surface area contributed by atoms with Crippen LogP contribution in [0.4, 0.5) is 14.5 Å². The van der Waals surface area contributed by atoms with Crippen LogP contribution in [0.1, 0.15) is 36.8 Å². The van der Waals surface area contributed by atoms with E-state index < -0.39 is 27.5 Å². The average Bonchev–Trinajstić information content (AvgIpc) is 3.02. The van der Waals surface area contributed by atoms with E-state index in [1.807, 2.05) is 0 Å². The van der Waals surface area contributed by atoms with E-state index in [4.69, 9.17) is 9.92 Å². The SMILES string of the molecule is CC(C)c1nc(CCO)n(Cc2ccccc2N)c1S(=O)(=O)Oc1cc(F)cc(F)c1. The molecule has 0 aliphatic carbocycles. The highest BCUT2D eigenvalue weighted by Gasteiger charge is 2.31. The molecule has 7 nitrogen and oxygen atoms in total. The third kappa shape index (κ3) is 5.02. The number of hydrogen-bond acceptors (Lipinski definition) is 6. The summed E-state index contributed by atoms with van der Waals surface area (Å²) in [6.45, 7) is 3.31. The molecule has 0 aliphatic rings. The lowest BCUT2D eigenvalue weighted by atomic mass is 10.1. The highest BCUT2D eigenvalue weighted by molar-refractivity contribution is 7.87. The summed E-state index contributed by atoms with van der Waals surface area (Å²) in [5.41, 5.74) is 7.34. The molecule has 0 radical (unpaired) electrons. The van der Waals surface area contributed by atoms with E-state index in [9.17, 15) is 22.3 Å². The summed E-state index contributed by atoms with van der Waals surface area (Å²) in [7, 11) is -4.54. The van der Waals surface area contributed by atoms with Crippen molar-refractivity contribution >= 4 is 15.8 Å². The molecule has 0 bridgehead atoms. The van der Waals surface area contributed by atoms with Crippen molar-refractivity contribution in [1.82, 2.24) is 9.55 Å². The van der Waals surface area contributed by atoms with Crippen molar-refractivity contribution in [2.75, 3.05) is 12.3 Å². The molecule has 1 heterocycles. The van der Waals surface area contributed by atoms with Crippen LogP contribution in [0.15, 0.2) is 47.5 Å². The van der Waals surface area contributed by atoms with E-state index in [1.54, 1.807) is 38.1 Å². The number of rotatable bonds is 8. The second-order valence-corrected chi connectivity index (χ2v) is 8.74. The van der Waals surface area contributed by atoms with Gasteiger partial charge in [0.25, 0.3) is 0 Å². The molecule has 10 heteroatoms. The van der Waals surface area contributed by atoms with Crippen molar-refractivity contribution in [2.45, 2.75) is 37.8 Å². The molecule has 0 atom stereocenters. The van der Waals surface area contributed by atoms with Crippen molar-refractivity contribution in [3.05, 3.63) is 71.2 Å². The number of nitrogen functional groups attached to an aromatic ring is 1. The molecule has 0 unspecified atom stereocenters. The average molecular weight is 451 g/mol. The van der Waals surface area contributed by atoms with Crippen molar-refractivity contribution < 1.29 is 26.5 Å². The highest BCUT2D eigenvalue weighted by Crippen LogP contribution is 2.30. The minimum Gasteiger partial charge on any atom is -0.398 e. The molecule has 2 aromatic carbocycles. The minimum atomic E-state index is -4.54. The van der Waals surface area contributed by atoms with Gasteiger partial charge in [-0.1, -0.05) is 32.0 Å². The van der Waals surface area contributed by atoms with Crippen LogP contribution in [-0.2, 0) is 23.1 Å². The largest absolute Gasteiger partial charge is 0.398 e. The number of aromatic nitrogens is 2. The lowest BCUT2D eigenvalue weighted by Gasteiger charge is -2.15. The van der Waals surface area contributed by atoms with E-state index in [0.29, 0.717) is 23.1 Å². The molecule has 0 saturated heterocycles. The maximum absolute atomic E-state index is 13.6. The first-order valence-electron chi connectivity index (χ1n) is 9.56. The zero-order valence-corrected chi connectivity index (χ0v) is 17.9. The van der Waals surface area contributed by atoms with Gasteiger partial charge in [-0.2, -0.15) is 8.42 Å². The number of halogens is 2. The van der Waals surface area contributed by atoms with Crippen LogP contribution in [-0.4, -0.2) is 29.7 Å². The van der Waals surface area contributed by atoms with E-state index in [0.717, 1.165) is 12.1 Å². The monoisotopic (exact) mass is 451 g/mol. The fraction of sp³-hybridized carbons (Fsp3) is 0.286. The van der Waals surface area contributed by atoms with Crippen LogP contribution in [0.3, 0.4) is 0 Å². The molecule has 0 saturated carbocycles. The first-order chi connectivity index (χ1) is 14.6. The number of aliphatic hydroxyl groups excluding tert-OH is 1. The van der Waals surface area contributed by atoms with Crippen LogP contribution in [0.25, 0.3) is 0 Å². The summed E-state index contributed by atoms with van der Waals surface area (Å²) in [5.74, 6) is -2.43. The number of para-hydroxylation sites is 1. The van der Waals surface area contributed by atoms with E-state index >= 15 is 0 Å². The Bertz CT molecular complexity index is 1170. The van der Waals surface area contributed by atoms with Gasteiger partial charge in [-0.3, -0.25) is 0 Å². The number of imidazole rings is 1. The second-order valence-electron chi connectivity index (χ2n) is 7.27. The van der Waals surface area contributed by atoms with Crippen molar-refractivity contribution in [3.8, 4) is 5.75 Å². The summed E-state index contributed by atoms with van der Waals surface area (Å²) in [4.78, 5) is 4.42. The quantitative estimate of drug-likeness (QED) is 0.402. The molecule has 0 spiro atoms. The molecule has 3 aromatic rings. The zero-order valence-electron chi connectivity index (χ0n) is 17.0. The van der Waals surface area contributed by atoms with Gasteiger partial charge in [0.1, 0.15) is 23.2 Å². The fourth-order valence-electron chi connectivity index (χ4n) is 3.19. The molecule has 0 aliphatic heterocycles. The summed E-state index contributed by atoms with van der Waals surface area (Å²) >= 11 is 0. The zero-order chi connectivity index (χ0) is 22.8. The van der Waals surface area contributed by atoms with Gasteiger partial charge in [-0.05, 0) is 17.5 Å². The van der Waals surface area contributed by atoms with Crippen molar-refractivity contribution in [2.24, 2.45) is 0 Å². The van der Waals surface area contributed by atoms with Crippen LogP contribution < -0.4 is 9.92 Å². The smallest absolute Gasteiger partial charge is 0.357 e. The van der Waals surface area contributed by atoms with Crippen LogP contribution in [0.5, 0.6) is 5.75 Å².